The number of piperidine rings is 1. The maximum Gasteiger partial charge on any atom is 0.336 e. The van der Waals surface area contributed by atoms with E-state index in [1.54, 1.807) is 11.4 Å². The topological polar surface area (TPSA) is 64.3 Å². The fraction of sp³-hybridized carbons (Fsp3) is 0.381. The molecule has 7 heteroatoms. The largest absolute Gasteiger partial charge is 0.341 e. The fourth-order valence-electron chi connectivity index (χ4n) is 3.79. The second kappa shape index (κ2) is 7.39. The lowest BCUT2D eigenvalue weighted by Crippen LogP contribution is -2.43. The molecule has 0 saturated carbocycles. The summed E-state index contributed by atoms with van der Waals surface area (Å²) in [6, 6.07) is 7.44. The molecule has 6 nitrogen and oxygen atoms in total. The summed E-state index contributed by atoms with van der Waals surface area (Å²) in [6.07, 6.45) is 3.13. The fourth-order valence-corrected chi connectivity index (χ4v) is 4.62. The Labute approximate surface area is 166 Å². The molecule has 1 fully saturated rings. The number of thiophene rings is 1. The van der Waals surface area contributed by atoms with Crippen molar-refractivity contribution in [1.82, 2.24) is 14.0 Å². The van der Waals surface area contributed by atoms with E-state index >= 15 is 0 Å². The van der Waals surface area contributed by atoms with Gasteiger partial charge < -0.3 is 4.90 Å². The zero-order valence-corrected chi connectivity index (χ0v) is 16.9. The molecule has 0 unspecified atom stereocenters. The Bertz CT molecular complexity index is 1170. The molecule has 1 aliphatic rings. The average Bonchev–Trinajstić information content (AvgIpc) is 3.18. The van der Waals surface area contributed by atoms with Crippen molar-refractivity contribution in [2.24, 2.45) is 0 Å². The number of hydrogen-bond donors (Lipinski definition) is 0. The van der Waals surface area contributed by atoms with Crippen molar-refractivity contribution in [1.29, 1.82) is 0 Å². The lowest BCUT2D eigenvalue weighted by atomic mass is 10.1. The molecule has 0 N–H and O–H groups in total. The molecule has 3 heterocycles. The first-order valence-electron chi connectivity index (χ1n) is 9.56. The highest BCUT2D eigenvalue weighted by atomic mass is 32.1. The van der Waals surface area contributed by atoms with Crippen LogP contribution in [-0.4, -0.2) is 33.0 Å². The summed E-state index contributed by atoms with van der Waals surface area (Å²) in [4.78, 5) is 41.1. The van der Waals surface area contributed by atoms with Crippen LogP contribution in [0, 0.1) is 13.8 Å². The Morgan fingerprint density at radius 3 is 2.57 bits per heavy atom. The Morgan fingerprint density at radius 1 is 1.07 bits per heavy atom. The number of carbonyl (C=O) groups is 1. The molecule has 146 valence electrons. The minimum atomic E-state index is -0.463. The van der Waals surface area contributed by atoms with Crippen molar-refractivity contribution in [3.63, 3.8) is 0 Å². The molecule has 0 atom stereocenters. The summed E-state index contributed by atoms with van der Waals surface area (Å²) in [7, 11) is 0. The monoisotopic (exact) mass is 397 g/mol. The van der Waals surface area contributed by atoms with E-state index in [4.69, 9.17) is 0 Å². The number of benzene rings is 1. The third-order valence-electron chi connectivity index (χ3n) is 5.36. The number of carbonyl (C=O) groups excluding carboxylic acids is 1. The summed E-state index contributed by atoms with van der Waals surface area (Å²) in [6.45, 7) is 5.23. The number of nitrogens with zero attached hydrogens (tertiary/aromatic N) is 3. The van der Waals surface area contributed by atoms with Crippen LogP contribution in [0.2, 0.25) is 0 Å². The molecular weight excluding hydrogens is 374 g/mol. The normalized spacial score (nSPS) is 14.6. The van der Waals surface area contributed by atoms with Gasteiger partial charge in [0.2, 0.25) is 5.91 Å². The van der Waals surface area contributed by atoms with Gasteiger partial charge in [-0.15, -0.1) is 11.3 Å². The third-order valence-corrected chi connectivity index (χ3v) is 6.25. The summed E-state index contributed by atoms with van der Waals surface area (Å²) >= 11 is 1.30. The SMILES string of the molecule is Cc1ccc(C)c(-n2c(=O)c3sccc3n(CC(=O)N3CCCCC3)c2=O)c1. The van der Waals surface area contributed by atoms with Crippen molar-refractivity contribution in [3.8, 4) is 5.69 Å². The highest BCUT2D eigenvalue weighted by molar-refractivity contribution is 7.17. The number of aryl methyl sites for hydroxylation is 2. The van der Waals surface area contributed by atoms with Gasteiger partial charge in [0, 0.05) is 13.1 Å². The van der Waals surface area contributed by atoms with E-state index in [9.17, 15) is 14.4 Å². The van der Waals surface area contributed by atoms with Crippen molar-refractivity contribution in [3.05, 3.63) is 61.6 Å². The highest BCUT2D eigenvalue weighted by Crippen LogP contribution is 2.19. The Balaban J connectivity index is 1.88. The van der Waals surface area contributed by atoms with Crippen molar-refractivity contribution in [2.45, 2.75) is 39.7 Å². The van der Waals surface area contributed by atoms with Crippen LogP contribution in [0.3, 0.4) is 0 Å². The summed E-state index contributed by atoms with van der Waals surface area (Å²) in [5.41, 5.74) is 2.13. The first kappa shape index (κ1) is 18.7. The second-order valence-electron chi connectivity index (χ2n) is 7.38. The molecular formula is C21H23N3O3S. The minimum absolute atomic E-state index is 0.0444. The molecule has 3 aromatic rings. The molecule has 28 heavy (non-hydrogen) atoms. The lowest BCUT2D eigenvalue weighted by Gasteiger charge is -2.27. The Hall–Kier alpha value is -2.67. The quantitative estimate of drug-likeness (QED) is 0.683. The van der Waals surface area contributed by atoms with Crippen molar-refractivity contribution < 1.29 is 4.79 Å². The van der Waals surface area contributed by atoms with Crippen LogP contribution in [0.4, 0.5) is 0 Å². The zero-order chi connectivity index (χ0) is 19.8. The number of amides is 1. The van der Waals surface area contributed by atoms with Crippen LogP contribution in [0.5, 0.6) is 0 Å². The first-order valence-corrected chi connectivity index (χ1v) is 10.4. The van der Waals surface area contributed by atoms with Crippen LogP contribution in [0.25, 0.3) is 15.9 Å². The molecule has 1 amide bonds. The molecule has 0 radical (unpaired) electrons. The van der Waals surface area contributed by atoms with Gasteiger partial charge in [-0.1, -0.05) is 12.1 Å². The predicted molar refractivity (Wildman–Crippen MR) is 112 cm³/mol. The average molecular weight is 398 g/mol. The highest BCUT2D eigenvalue weighted by Gasteiger charge is 2.22. The molecule has 1 aromatic carbocycles. The van der Waals surface area contributed by atoms with Gasteiger partial charge >= 0.3 is 5.69 Å². The number of aromatic nitrogens is 2. The molecule has 0 aliphatic carbocycles. The standard InChI is InChI=1S/C21H23N3O3S/c1-14-6-7-15(2)17(12-14)24-20(26)19-16(8-11-28-19)23(21(24)27)13-18(25)22-9-4-3-5-10-22/h6-8,11-12H,3-5,9-10,13H2,1-2H3. The van der Waals surface area contributed by atoms with Gasteiger partial charge in [0.05, 0.1) is 11.2 Å². The maximum absolute atomic E-state index is 13.3. The van der Waals surface area contributed by atoms with E-state index in [1.807, 2.05) is 36.9 Å². The molecule has 4 rings (SSSR count). The predicted octanol–water partition coefficient (Wildman–Crippen LogP) is 2.84. The van der Waals surface area contributed by atoms with Crippen LogP contribution >= 0.6 is 11.3 Å². The smallest absolute Gasteiger partial charge is 0.336 e. The van der Waals surface area contributed by atoms with Gasteiger partial charge in [-0.05, 0) is 61.7 Å². The van der Waals surface area contributed by atoms with Gasteiger partial charge in [0.15, 0.2) is 0 Å². The molecule has 0 spiro atoms. The van der Waals surface area contributed by atoms with Crippen LogP contribution in [0.15, 0.2) is 39.2 Å². The number of fused-ring (bicyclic) bond motifs is 1. The molecule has 1 aliphatic heterocycles. The van der Waals surface area contributed by atoms with Gasteiger partial charge in [-0.25, -0.2) is 9.36 Å². The van der Waals surface area contributed by atoms with E-state index in [-0.39, 0.29) is 18.0 Å². The summed E-state index contributed by atoms with van der Waals surface area (Å²) in [5, 5.41) is 1.79. The van der Waals surface area contributed by atoms with Crippen LogP contribution < -0.4 is 11.2 Å². The van der Waals surface area contributed by atoms with Gasteiger partial charge in [-0.3, -0.25) is 14.2 Å². The van der Waals surface area contributed by atoms with Crippen LogP contribution in [-0.2, 0) is 11.3 Å². The number of likely N-dealkylation sites (tertiary alicyclic amines) is 1. The van der Waals surface area contributed by atoms with E-state index in [1.165, 1.54) is 20.5 Å². The van der Waals surface area contributed by atoms with E-state index in [0.29, 0.717) is 15.9 Å². The van der Waals surface area contributed by atoms with E-state index < -0.39 is 5.69 Å². The van der Waals surface area contributed by atoms with Crippen molar-refractivity contribution >= 4 is 27.5 Å². The summed E-state index contributed by atoms with van der Waals surface area (Å²) < 4.78 is 3.16. The molecule has 1 saturated heterocycles. The van der Waals surface area contributed by atoms with E-state index in [2.05, 4.69) is 0 Å². The Kier molecular flexibility index (Phi) is 4.93. The van der Waals surface area contributed by atoms with Crippen LogP contribution in [0.1, 0.15) is 30.4 Å². The summed E-state index contributed by atoms with van der Waals surface area (Å²) in [5.74, 6) is -0.0690. The van der Waals surface area contributed by atoms with Gasteiger partial charge in [0.1, 0.15) is 11.2 Å². The number of hydrogen-bond acceptors (Lipinski definition) is 4. The minimum Gasteiger partial charge on any atom is -0.341 e. The maximum atomic E-state index is 13.3. The lowest BCUT2D eigenvalue weighted by molar-refractivity contribution is -0.132. The number of rotatable bonds is 3. The molecule has 0 bridgehead atoms. The zero-order valence-electron chi connectivity index (χ0n) is 16.1. The van der Waals surface area contributed by atoms with E-state index in [0.717, 1.165) is 43.5 Å². The second-order valence-corrected chi connectivity index (χ2v) is 8.29. The van der Waals surface area contributed by atoms with Crippen molar-refractivity contribution in [2.75, 3.05) is 13.1 Å². The van der Waals surface area contributed by atoms with Gasteiger partial charge in [-0.2, -0.15) is 0 Å². The first-order chi connectivity index (χ1) is 13.5. The Morgan fingerprint density at radius 2 is 1.82 bits per heavy atom. The third kappa shape index (κ3) is 3.20. The molecule has 2 aromatic heterocycles. The van der Waals surface area contributed by atoms with Gasteiger partial charge in [0.25, 0.3) is 5.56 Å².